The third-order valence-electron chi connectivity index (χ3n) is 1.91. The molecule has 8 heavy (non-hydrogen) atoms. The minimum Gasteiger partial charge on any atom is -0.302 e. The van der Waals surface area contributed by atoms with Crippen LogP contribution >= 0.6 is 0 Å². The van der Waals surface area contributed by atoms with Crippen LogP contribution in [0.3, 0.4) is 0 Å². The van der Waals surface area contributed by atoms with Gasteiger partial charge in [-0.2, -0.15) is 0 Å². The molecule has 1 aliphatic heterocycles. The summed E-state index contributed by atoms with van der Waals surface area (Å²) in [5, 5.41) is 0. The second-order valence-electron chi connectivity index (χ2n) is 2.48. The van der Waals surface area contributed by atoms with Crippen LogP contribution in [0.1, 0.15) is 12.8 Å². The highest BCUT2D eigenvalue weighted by Crippen LogP contribution is 2.12. The minimum atomic E-state index is 0.565. The highest BCUT2D eigenvalue weighted by molar-refractivity contribution is 4.75. The zero-order chi connectivity index (χ0) is 5.98. The molecular formula is C6H13N2. The van der Waals surface area contributed by atoms with Gasteiger partial charge in [0.05, 0.1) is 0 Å². The van der Waals surface area contributed by atoms with Crippen LogP contribution in [-0.2, 0) is 0 Å². The van der Waals surface area contributed by atoms with E-state index in [4.69, 9.17) is 5.73 Å². The van der Waals surface area contributed by atoms with Gasteiger partial charge in [-0.1, -0.05) is 0 Å². The lowest BCUT2D eigenvalue weighted by atomic mass is 10.2. The molecule has 1 saturated heterocycles. The first-order valence-corrected chi connectivity index (χ1v) is 3.19. The molecule has 2 nitrogen and oxygen atoms in total. The van der Waals surface area contributed by atoms with Gasteiger partial charge in [0.1, 0.15) is 0 Å². The van der Waals surface area contributed by atoms with Crippen LogP contribution in [0.2, 0.25) is 0 Å². The third kappa shape index (κ3) is 1.01. The molecule has 0 bridgehead atoms. The Morgan fingerprint density at radius 1 is 1.75 bits per heavy atom. The highest BCUT2D eigenvalue weighted by Gasteiger charge is 2.18. The third-order valence-corrected chi connectivity index (χ3v) is 1.91. The Hall–Kier alpha value is -0.0800. The van der Waals surface area contributed by atoms with E-state index in [1.165, 1.54) is 19.4 Å². The maximum absolute atomic E-state index is 7.09. The van der Waals surface area contributed by atoms with Gasteiger partial charge in [-0.15, -0.1) is 0 Å². The van der Waals surface area contributed by atoms with Crippen molar-refractivity contribution < 1.29 is 0 Å². The molecule has 0 aromatic heterocycles. The summed E-state index contributed by atoms with van der Waals surface area (Å²) in [6, 6.07) is 0.565. The first-order valence-electron chi connectivity index (χ1n) is 3.19. The lowest BCUT2D eigenvalue weighted by Crippen LogP contribution is -2.28. The van der Waals surface area contributed by atoms with Gasteiger partial charge in [0, 0.05) is 12.6 Å². The Morgan fingerprint density at radius 2 is 2.50 bits per heavy atom. The van der Waals surface area contributed by atoms with E-state index < -0.39 is 0 Å². The molecule has 1 rings (SSSR count). The number of likely N-dealkylation sites (N-methyl/N-ethyl adjacent to an activating group) is 1. The van der Waals surface area contributed by atoms with Gasteiger partial charge in [0.2, 0.25) is 0 Å². The molecule has 0 spiro atoms. The first-order chi connectivity index (χ1) is 3.84. The number of nitrogens with zero attached hydrogens (tertiary/aromatic N) is 1. The number of rotatable bonds is 1. The van der Waals surface area contributed by atoms with Crippen molar-refractivity contribution in [2.45, 2.75) is 18.9 Å². The van der Waals surface area contributed by atoms with Crippen molar-refractivity contribution in [3.63, 3.8) is 0 Å². The molecule has 0 aromatic rings. The lowest BCUT2D eigenvalue weighted by Gasteiger charge is -2.15. The van der Waals surface area contributed by atoms with Crippen molar-refractivity contribution in [2.24, 2.45) is 0 Å². The van der Waals surface area contributed by atoms with Crippen molar-refractivity contribution in [2.75, 3.05) is 20.1 Å². The first kappa shape index (κ1) is 6.05. The average Bonchev–Trinajstić information content (AvgIpc) is 2.14. The maximum Gasteiger partial charge on any atom is 0.0256 e. The number of hydrogen-bond acceptors (Lipinski definition) is 1. The van der Waals surface area contributed by atoms with E-state index >= 15 is 0 Å². The second-order valence-corrected chi connectivity index (χ2v) is 2.48. The molecule has 1 fully saturated rings. The summed E-state index contributed by atoms with van der Waals surface area (Å²) in [7, 11) is 2.10. The molecule has 0 aliphatic carbocycles. The monoisotopic (exact) mass is 113 g/mol. The molecule has 1 atom stereocenters. The van der Waals surface area contributed by atoms with Crippen LogP contribution in [0.4, 0.5) is 0 Å². The van der Waals surface area contributed by atoms with Crippen molar-refractivity contribution in [3.05, 3.63) is 0 Å². The largest absolute Gasteiger partial charge is 0.302 e. The predicted molar refractivity (Wildman–Crippen MR) is 33.6 cm³/mol. The normalized spacial score (nSPS) is 31.5. The van der Waals surface area contributed by atoms with Gasteiger partial charge in [-0.05, 0) is 26.4 Å². The fourth-order valence-electron chi connectivity index (χ4n) is 1.24. The second kappa shape index (κ2) is 2.46. The Labute approximate surface area is 50.7 Å². The van der Waals surface area contributed by atoms with Crippen LogP contribution in [0.25, 0.3) is 0 Å². The average molecular weight is 113 g/mol. The molecule has 47 valence electrons. The van der Waals surface area contributed by atoms with E-state index in [1.807, 2.05) is 0 Å². The molecule has 1 radical (unpaired) electrons. The summed E-state index contributed by atoms with van der Waals surface area (Å²) in [5.74, 6) is 0. The van der Waals surface area contributed by atoms with Crippen LogP contribution in [-0.4, -0.2) is 31.1 Å². The Bertz CT molecular complexity index is 72.9. The van der Waals surface area contributed by atoms with Gasteiger partial charge in [-0.3, -0.25) is 5.73 Å². The van der Waals surface area contributed by atoms with E-state index in [0.717, 1.165) is 0 Å². The van der Waals surface area contributed by atoms with Crippen LogP contribution < -0.4 is 5.73 Å². The topological polar surface area (TPSA) is 27.0 Å². The van der Waals surface area contributed by atoms with E-state index in [2.05, 4.69) is 11.9 Å². The maximum atomic E-state index is 7.09. The summed E-state index contributed by atoms with van der Waals surface area (Å²) in [6.45, 7) is 1.78. The zero-order valence-corrected chi connectivity index (χ0v) is 5.35. The van der Waals surface area contributed by atoms with Crippen molar-refractivity contribution in [3.8, 4) is 0 Å². The van der Waals surface area contributed by atoms with Crippen LogP contribution in [0.15, 0.2) is 0 Å². The molecule has 1 N–H and O–H groups in total. The quantitative estimate of drug-likeness (QED) is 0.482. The van der Waals surface area contributed by atoms with E-state index in [9.17, 15) is 0 Å². The van der Waals surface area contributed by atoms with Crippen molar-refractivity contribution in [1.82, 2.24) is 10.6 Å². The summed E-state index contributed by atoms with van der Waals surface area (Å²) >= 11 is 0. The van der Waals surface area contributed by atoms with Gasteiger partial charge in [0.25, 0.3) is 0 Å². The number of likely N-dealkylation sites (tertiary alicyclic amines) is 1. The van der Waals surface area contributed by atoms with Crippen molar-refractivity contribution >= 4 is 0 Å². The van der Waals surface area contributed by atoms with E-state index in [1.54, 1.807) is 0 Å². The predicted octanol–water partition coefficient (Wildman–Crippen LogP) is 0.363. The lowest BCUT2D eigenvalue weighted by molar-refractivity contribution is 0.315. The number of nitrogens with one attached hydrogen (secondary N) is 1. The molecule has 0 saturated carbocycles. The summed E-state index contributed by atoms with van der Waals surface area (Å²) in [4.78, 5) is 2.27. The van der Waals surface area contributed by atoms with Gasteiger partial charge in [0.15, 0.2) is 0 Å². The molecular weight excluding hydrogens is 100 g/mol. The fourth-order valence-corrected chi connectivity index (χ4v) is 1.24. The molecule has 0 amide bonds. The Kier molecular flexibility index (Phi) is 1.86. The van der Waals surface area contributed by atoms with Gasteiger partial charge in [-0.25, -0.2) is 0 Å². The van der Waals surface area contributed by atoms with E-state index in [0.29, 0.717) is 12.6 Å². The van der Waals surface area contributed by atoms with Crippen molar-refractivity contribution in [1.29, 1.82) is 0 Å². The molecule has 1 aliphatic rings. The number of hydrogen-bond donors (Lipinski definition) is 0. The van der Waals surface area contributed by atoms with Crippen LogP contribution in [0.5, 0.6) is 0 Å². The summed E-state index contributed by atoms with van der Waals surface area (Å²) in [5.41, 5.74) is 7.09. The van der Waals surface area contributed by atoms with Gasteiger partial charge >= 0.3 is 0 Å². The SMILES string of the molecule is CN1CCC[C@@H]1C[NH]. The summed E-state index contributed by atoms with van der Waals surface area (Å²) < 4.78 is 0. The van der Waals surface area contributed by atoms with Gasteiger partial charge < -0.3 is 4.90 Å². The zero-order valence-electron chi connectivity index (χ0n) is 5.35. The smallest absolute Gasteiger partial charge is 0.0256 e. The Balaban J connectivity index is 2.30. The Morgan fingerprint density at radius 3 is 2.75 bits per heavy atom. The van der Waals surface area contributed by atoms with Crippen LogP contribution in [0, 0.1) is 0 Å². The highest BCUT2D eigenvalue weighted by atomic mass is 15.2. The molecule has 0 aromatic carbocycles. The molecule has 2 heteroatoms. The van der Waals surface area contributed by atoms with E-state index in [-0.39, 0.29) is 0 Å². The standard InChI is InChI=1S/C6H13N2/c1-8-4-2-3-6(8)5-7/h6-7H,2-5H2,1H3/t6-/m1/s1. The molecule has 0 unspecified atom stereocenters. The summed E-state index contributed by atoms with van der Waals surface area (Å²) in [6.07, 6.45) is 2.53. The fraction of sp³-hybridized carbons (Fsp3) is 1.00. The molecule has 1 heterocycles. The minimum absolute atomic E-state index is 0.565.